The van der Waals surface area contributed by atoms with E-state index >= 15 is 0 Å². The number of nitrogens with one attached hydrogen (secondary N) is 1. The van der Waals surface area contributed by atoms with Crippen molar-refractivity contribution in [2.24, 2.45) is 5.92 Å². The fourth-order valence-electron chi connectivity index (χ4n) is 1.84. The monoisotopic (exact) mass is 254 g/mol. The lowest BCUT2D eigenvalue weighted by Crippen LogP contribution is -2.32. The van der Waals surface area contributed by atoms with Crippen LogP contribution in [0.4, 0.5) is 0 Å². The molecule has 0 spiro atoms. The number of carbonyl (C=O) groups excluding carboxylic acids is 1. The maximum absolute atomic E-state index is 11.9. The van der Waals surface area contributed by atoms with Gasteiger partial charge in [-0.3, -0.25) is 9.78 Å². The Morgan fingerprint density at radius 3 is 3.00 bits per heavy atom. The molecule has 0 unspecified atom stereocenters. The summed E-state index contributed by atoms with van der Waals surface area (Å²) in [6.45, 7) is 2.26. The van der Waals surface area contributed by atoms with E-state index < -0.39 is 0 Å². The maximum Gasteiger partial charge on any atom is 0.252 e. The third kappa shape index (κ3) is 3.41. The van der Waals surface area contributed by atoms with Crippen LogP contribution in [-0.2, 0) is 4.74 Å². The maximum atomic E-state index is 11.9. The molecule has 1 amide bonds. The zero-order valence-electron chi connectivity index (χ0n) is 9.49. The number of rotatable bonds is 3. The molecule has 0 radical (unpaired) electrons. The van der Waals surface area contributed by atoms with Crippen molar-refractivity contribution in [1.82, 2.24) is 10.3 Å². The van der Waals surface area contributed by atoms with Gasteiger partial charge < -0.3 is 10.1 Å². The number of hydrogen-bond donors (Lipinski definition) is 1. The van der Waals surface area contributed by atoms with Crippen LogP contribution in [0.5, 0.6) is 0 Å². The van der Waals surface area contributed by atoms with Crippen molar-refractivity contribution in [1.29, 1.82) is 0 Å². The highest BCUT2D eigenvalue weighted by atomic mass is 35.5. The summed E-state index contributed by atoms with van der Waals surface area (Å²) in [5.41, 5.74) is 0.480. The second kappa shape index (κ2) is 5.98. The van der Waals surface area contributed by atoms with Gasteiger partial charge in [0.15, 0.2) is 0 Å². The van der Waals surface area contributed by atoms with E-state index in [9.17, 15) is 4.79 Å². The van der Waals surface area contributed by atoms with Crippen LogP contribution in [0.2, 0.25) is 5.02 Å². The molecule has 0 aromatic carbocycles. The van der Waals surface area contributed by atoms with Gasteiger partial charge in [0.05, 0.1) is 10.6 Å². The average Bonchev–Trinajstić information content (AvgIpc) is 2.38. The molecule has 5 heteroatoms. The van der Waals surface area contributed by atoms with E-state index in [2.05, 4.69) is 10.3 Å². The normalized spacial score (nSPS) is 16.8. The predicted octanol–water partition coefficient (Wildman–Crippen LogP) is 1.89. The number of amides is 1. The van der Waals surface area contributed by atoms with Crippen molar-refractivity contribution in [3.63, 3.8) is 0 Å². The second-order valence-electron chi connectivity index (χ2n) is 4.12. The van der Waals surface area contributed by atoms with Crippen molar-refractivity contribution in [2.75, 3.05) is 19.8 Å². The van der Waals surface area contributed by atoms with Crippen molar-refractivity contribution < 1.29 is 9.53 Å². The lowest BCUT2D eigenvalue weighted by molar-refractivity contribution is 0.0642. The summed E-state index contributed by atoms with van der Waals surface area (Å²) in [5, 5.41) is 3.29. The lowest BCUT2D eigenvalue weighted by atomic mass is 10.0. The fraction of sp³-hybridized carbons (Fsp3) is 0.500. The molecule has 0 saturated carbocycles. The molecule has 2 rings (SSSR count). The number of carbonyl (C=O) groups is 1. The quantitative estimate of drug-likeness (QED) is 0.896. The summed E-state index contributed by atoms with van der Waals surface area (Å²) >= 11 is 5.90. The van der Waals surface area contributed by atoms with Gasteiger partial charge >= 0.3 is 0 Å². The first-order chi connectivity index (χ1) is 8.27. The minimum Gasteiger partial charge on any atom is -0.381 e. The van der Waals surface area contributed by atoms with E-state index in [-0.39, 0.29) is 5.91 Å². The van der Waals surface area contributed by atoms with E-state index in [1.54, 1.807) is 12.3 Å². The number of hydrogen-bond acceptors (Lipinski definition) is 3. The summed E-state index contributed by atoms with van der Waals surface area (Å²) < 4.78 is 5.27. The molecule has 1 aromatic rings. The van der Waals surface area contributed by atoms with Crippen LogP contribution in [0.25, 0.3) is 0 Å². The SMILES string of the molecule is O=C(NCC1CCOCC1)c1ccncc1Cl. The number of ether oxygens (including phenoxy) is 1. The topological polar surface area (TPSA) is 51.2 Å². The summed E-state index contributed by atoms with van der Waals surface area (Å²) in [6, 6.07) is 1.63. The van der Waals surface area contributed by atoms with Gasteiger partial charge in [-0.1, -0.05) is 11.6 Å². The van der Waals surface area contributed by atoms with Crippen LogP contribution in [0, 0.1) is 5.92 Å². The molecular formula is C12H15ClN2O2. The Balaban J connectivity index is 1.87. The first-order valence-corrected chi connectivity index (χ1v) is 6.10. The highest BCUT2D eigenvalue weighted by Crippen LogP contribution is 2.15. The van der Waals surface area contributed by atoms with E-state index in [1.807, 2.05) is 0 Å². The lowest BCUT2D eigenvalue weighted by Gasteiger charge is -2.22. The standard InChI is InChI=1S/C12H15ClN2O2/c13-11-8-14-4-1-10(11)12(16)15-7-9-2-5-17-6-3-9/h1,4,8-9H,2-3,5-7H2,(H,15,16). The van der Waals surface area contributed by atoms with E-state index in [4.69, 9.17) is 16.3 Å². The molecule has 92 valence electrons. The third-order valence-corrected chi connectivity index (χ3v) is 3.21. The Hall–Kier alpha value is -1.13. The molecule has 0 aliphatic carbocycles. The van der Waals surface area contributed by atoms with Crippen molar-refractivity contribution >= 4 is 17.5 Å². The van der Waals surface area contributed by atoms with Crippen LogP contribution in [0.3, 0.4) is 0 Å². The van der Waals surface area contributed by atoms with Gasteiger partial charge in [-0.2, -0.15) is 0 Å². The number of pyridine rings is 1. The highest BCUT2D eigenvalue weighted by Gasteiger charge is 2.16. The van der Waals surface area contributed by atoms with Crippen LogP contribution >= 0.6 is 11.6 Å². The number of aromatic nitrogens is 1. The summed E-state index contributed by atoms with van der Waals surface area (Å²) in [7, 11) is 0. The van der Waals surface area contributed by atoms with E-state index in [0.29, 0.717) is 23.0 Å². The zero-order valence-corrected chi connectivity index (χ0v) is 10.2. The van der Waals surface area contributed by atoms with Gasteiger partial charge in [0, 0.05) is 32.2 Å². The van der Waals surface area contributed by atoms with Crippen LogP contribution in [-0.4, -0.2) is 30.6 Å². The first kappa shape index (κ1) is 12.3. The van der Waals surface area contributed by atoms with Crippen LogP contribution in [0.15, 0.2) is 18.5 Å². The van der Waals surface area contributed by atoms with Gasteiger partial charge in [0.25, 0.3) is 5.91 Å². The van der Waals surface area contributed by atoms with E-state index in [0.717, 1.165) is 26.1 Å². The Morgan fingerprint density at radius 2 is 2.29 bits per heavy atom. The summed E-state index contributed by atoms with van der Waals surface area (Å²) in [5.74, 6) is 0.372. The Labute approximate surface area is 105 Å². The molecular weight excluding hydrogens is 240 g/mol. The summed E-state index contributed by atoms with van der Waals surface area (Å²) in [4.78, 5) is 15.7. The van der Waals surface area contributed by atoms with Crippen molar-refractivity contribution in [2.45, 2.75) is 12.8 Å². The largest absolute Gasteiger partial charge is 0.381 e. The Bertz CT molecular complexity index is 392. The molecule has 1 aromatic heterocycles. The molecule has 2 heterocycles. The van der Waals surface area contributed by atoms with Gasteiger partial charge in [0.2, 0.25) is 0 Å². The second-order valence-corrected chi connectivity index (χ2v) is 4.53. The highest BCUT2D eigenvalue weighted by molar-refractivity contribution is 6.33. The van der Waals surface area contributed by atoms with E-state index in [1.165, 1.54) is 6.20 Å². The Kier molecular flexibility index (Phi) is 4.34. The van der Waals surface area contributed by atoms with Crippen molar-refractivity contribution in [3.8, 4) is 0 Å². The molecule has 1 aliphatic heterocycles. The third-order valence-electron chi connectivity index (χ3n) is 2.91. The summed E-state index contributed by atoms with van der Waals surface area (Å²) in [6.07, 6.45) is 5.05. The van der Waals surface area contributed by atoms with Crippen LogP contribution in [0.1, 0.15) is 23.2 Å². The van der Waals surface area contributed by atoms with Crippen LogP contribution < -0.4 is 5.32 Å². The van der Waals surface area contributed by atoms with Crippen molar-refractivity contribution in [3.05, 3.63) is 29.0 Å². The van der Waals surface area contributed by atoms with Gasteiger partial charge in [0.1, 0.15) is 0 Å². The minimum absolute atomic E-state index is 0.135. The minimum atomic E-state index is -0.135. The van der Waals surface area contributed by atoms with Gasteiger partial charge in [-0.15, -0.1) is 0 Å². The first-order valence-electron chi connectivity index (χ1n) is 5.73. The molecule has 0 bridgehead atoms. The van der Waals surface area contributed by atoms with Gasteiger partial charge in [-0.05, 0) is 24.8 Å². The smallest absolute Gasteiger partial charge is 0.252 e. The molecule has 1 aliphatic rings. The molecule has 0 atom stereocenters. The fourth-order valence-corrected chi connectivity index (χ4v) is 2.05. The predicted molar refractivity (Wildman–Crippen MR) is 65.1 cm³/mol. The Morgan fingerprint density at radius 1 is 1.53 bits per heavy atom. The number of halogens is 1. The molecule has 1 saturated heterocycles. The molecule has 1 N–H and O–H groups in total. The molecule has 1 fully saturated rings. The molecule has 4 nitrogen and oxygen atoms in total. The van der Waals surface area contributed by atoms with Gasteiger partial charge in [-0.25, -0.2) is 0 Å². The molecule has 17 heavy (non-hydrogen) atoms. The average molecular weight is 255 g/mol. The zero-order chi connectivity index (χ0) is 12.1. The number of nitrogens with zero attached hydrogens (tertiary/aromatic N) is 1.